The standard InChI is InChI=1S/C6H9N2O4P.ClH/c9-5-7(1-3-11-5)13-8-2-4-12-6(8)10;/h13H,1-4H2;1H. The van der Waals surface area contributed by atoms with E-state index in [1.807, 2.05) is 0 Å². The second-order valence-electron chi connectivity index (χ2n) is 2.73. The Morgan fingerprint density at radius 3 is 1.71 bits per heavy atom. The number of carbonyl (C=O) groups is 2. The zero-order valence-electron chi connectivity index (χ0n) is 7.31. The van der Waals surface area contributed by atoms with Gasteiger partial charge in [-0.2, -0.15) is 9.34 Å². The number of amides is 2. The molecular formula is C6H10ClN2O4P. The van der Waals surface area contributed by atoms with Crippen LogP contribution < -0.4 is 12.4 Å². The lowest BCUT2D eigenvalue weighted by Gasteiger charge is -2.10. The van der Waals surface area contributed by atoms with Crippen molar-refractivity contribution in [1.29, 1.82) is 0 Å². The zero-order valence-corrected chi connectivity index (χ0v) is 9.22. The normalized spacial score (nSPS) is 20.6. The van der Waals surface area contributed by atoms with E-state index in [9.17, 15) is 9.59 Å². The van der Waals surface area contributed by atoms with E-state index in [1.165, 1.54) is 0 Å². The fourth-order valence-electron chi connectivity index (χ4n) is 1.19. The van der Waals surface area contributed by atoms with Crippen LogP contribution in [0.15, 0.2) is 0 Å². The highest BCUT2D eigenvalue weighted by Crippen LogP contribution is 2.29. The second kappa shape index (κ2) is 4.66. The van der Waals surface area contributed by atoms with Crippen LogP contribution in [0.5, 0.6) is 0 Å². The van der Waals surface area contributed by atoms with Gasteiger partial charge in [-0.05, 0) is 0 Å². The molecule has 2 fully saturated rings. The molecule has 2 rings (SSSR count). The van der Waals surface area contributed by atoms with Crippen LogP contribution in [-0.4, -0.2) is 47.8 Å². The predicted molar refractivity (Wildman–Crippen MR) is 45.8 cm³/mol. The Morgan fingerprint density at radius 2 is 1.43 bits per heavy atom. The first kappa shape index (κ1) is 11.3. The van der Waals surface area contributed by atoms with Gasteiger partial charge in [0.25, 0.3) is 0 Å². The lowest BCUT2D eigenvalue weighted by Crippen LogP contribution is -3.00. The average Bonchev–Trinajstić information content (AvgIpc) is 2.65. The molecule has 2 saturated heterocycles. The summed E-state index contributed by atoms with van der Waals surface area (Å²) < 4.78 is 12.6. The summed E-state index contributed by atoms with van der Waals surface area (Å²) >= 11 is 0. The van der Waals surface area contributed by atoms with Crippen LogP contribution in [0.1, 0.15) is 0 Å². The van der Waals surface area contributed by atoms with Crippen LogP contribution in [0.2, 0.25) is 0 Å². The van der Waals surface area contributed by atoms with Crippen LogP contribution >= 0.6 is 8.88 Å². The highest BCUT2D eigenvalue weighted by atomic mass is 35.5. The minimum atomic E-state index is -0.498. The predicted octanol–water partition coefficient (Wildman–Crippen LogP) is -2.86. The lowest BCUT2D eigenvalue weighted by atomic mass is 10.7. The van der Waals surface area contributed by atoms with Gasteiger partial charge >= 0.3 is 12.2 Å². The molecule has 0 aromatic carbocycles. The van der Waals surface area contributed by atoms with Gasteiger partial charge in [-0.15, -0.1) is 0 Å². The Kier molecular flexibility index (Phi) is 3.77. The van der Waals surface area contributed by atoms with Crippen LogP contribution in [0.3, 0.4) is 0 Å². The molecule has 2 amide bonds. The molecule has 0 aliphatic carbocycles. The van der Waals surface area contributed by atoms with E-state index in [0.29, 0.717) is 26.3 Å². The third-order valence-corrected chi connectivity index (χ3v) is 3.36. The Labute approximate surface area is 88.8 Å². The first-order chi connectivity index (χ1) is 6.27. The van der Waals surface area contributed by atoms with Crippen LogP contribution in [-0.2, 0) is 9.47 Å². The van der Waals surface area contributed by atoms with E-state index in [0.717, 1.165) is 0 Å². The summed E-state index contributed by atoms with van der Waals surface area (Å²) in [7, 11) is -0.498. The molecule has 0 aromatic heterocycles. The molecule has 0 unspecified atom stereocenters. The fourth-order valence-corrected chi connectivity index (χ4v) is 2.30. The Morgan fingerprint density at radius 1 is 1.00 bits per heavy atom. The van der Waals surface area contributed by atoms with Gasteiger partial charge in [0, 0.05) is 0 Å². The van der Waals surface area contributed by atoms with E-state index in [4.69, 9.17) is 9.47 Å². The molecule has 0 N–H and O–H groups in total. The van der Waals surface area contributed by atoms with Gasteiger partial charge in [-0.1, -0.05) is 0 Å². The smallest absolute Gasteiger partial charge is 0.443 e. The van der Waals surface area contributed by atoms with Crippen molar-refractivity contribution in [3.8, 4) is 0 Å². The second-order valence-corrected chi connectivity index (χ2v) is 4.21. The summed E-state index contributed by atoms with van der Waals surface area (Å²) in [6.07, 6.45) is -0.649. The number of cyclic esters (lactones) is 2. The number of ether oxygens (including phenoxy) is 2. The molecule has 2 aliphatic rings. The number of hydrogen-bond acceptors (Lipinski definition) is 4. The molecule has 8 heteroatoms. The summed E-state index contributed by atoms with van der Waals surface area (Å²) in [6, 6.07) is 0. The van der Waals surface area contributed by atoms with Gasteiger partial charge in [0.2, 0.25) is 0 Å². The van der Waals surface area contributed by atoms with Gasteiger partial charge in [0.15, 0.2) is 8.88 Å². The van der Waals surface area contributed by atoms with E-state index >= 15 is 0 Å². The Hall–Kier alpha value is -0.740. The molecule has 0 spiro atoms. The highest BCUT2D eigenvalue weighted by molar-refractivity contribution is 7.34. The minimum Gasteiger partial charge on any atom is -1.00 e. The van der Waals surface area contributed by atoms with Crippen molar-refractivity contribution in [3.05, 3.63) is 0 Å². The summed E-state index contributed by atoms with van der Waals surface area (Å²) in [5, 5.41) is 0. The van der Waals surface area contributed by atoms with Crippen molar-refractivity contribution in [2.45, 2.75) is 0 Å². The van der Waals surface area contributed by atoms with E-state index < -0.39 is 8.88 Å². The number of halogens is 1. The number of carbonyl (C=O) groups excluding carboxylic acids is 2. The molecular weight excluding hydrogens is 231 g/mol. The lowest BCUT2D eigenvalue weighted by molar-refractivity contribution is -0.0000140. The molecule has 0 saturated carbocycles. The monoisotopic (exact) mass is 240 g/mol. The summed E-state index contributed by atoms with van der Waals surface area (Å²) in [4.78, 5) is 22.0. The van der Waals surface area contributed by atoms with Crippen molar-refractivity contribution in [2.75, 3.05) is 26.3 Å². The molecule has 6 nitrogen and oxygen atoms in total. The van der Waals surface area contributed by atoms with Crippen molar-refractivity contribution in [1.82, 2.24) is 9.34 Å². The summed E-state index contributed by atoms with van der Waals surface area (Å²) in [6.45, 7) is 2.01. The van der Waals surface area contributed by atoms with Gasteiger partial charge in [0.05, 0.1) is 13.1 Å². The summed E-state index contributed by atoms with van der Waals surface area (Å²) in [5.74, 6) is 0. The molecule has 14 heavy (non-hydrogen) atoms. The van der Waals surface area contributed by atoms with E-state index in [-0.39, 0.29) is 24.6 Å². The number of hydrogen-bond donors (Lipinski definition) is 0. The SMILES string of the molecule is O=C1OCCN1[PH2+]N1CCOC1=O.[Cl-]. The quantitative estimate of drug-likeness (QED) is 0.487. The summed E-state index contributed by atoms with van der Waals surface area (Å²) in [5.41, 5.74) is 0. The Balaban J connectivity index is 0.000000980. The molecule has 80 valence electrons. The fraction of sp³-hybridized carbons (Fsp3) is 0.667. The van der Waals surface area contributed by atoms with Crippen LogP contribution in [0.4, 0.5) is 9.59 Å². The topological polar surface area (TPSA) is 59.1 Å². The van der Waals surface area contributed by atoms with Crippen molar-refractivity contribution >= 4 is 21.1 Å². The van der Waals surface area contributed by atoms with Crippen LogP contribution in [0.25, 0.3) is 0 Å². The van der Waals surface area contributed by atoms with E-state index in [1.54, 1.807) is 9.34 Å². The number of nitrogens with zero attached hydrogens (tertiary/aromatic N) is 2. The molecule has 0 atom stereocenters. The van der Waals surface area contributed by atoms with Gasteiger partial charge in [0.1, 0.15) is 13.2 Å². The number of rotatable bonds is 2. The van der Waals surface area contributed by atoms with Crippen molar-refractivity contribution < 1.29 is 31.5 Å². The zero-order chi connectivity index (χ0) is 9.26. The maximum atomic E-state index is 11.0. The van der Waals surface area contributed by atoms with Gasteiger partial charge in [-0.25, -0.2) is 9.59 Å². The Bertz CT molecular complexity index is 228. The van der Waals surface area contributed by atoms with Crippen molar-refractivity contribution in [3.63, 3.8) is 0 Å². The maximum absolute atomic E-state index is 11.0. The third-order valence-electron chi connectivity index (χ3n) is 1.86. The first-order valence-electron chi connectivity index (χ1n) is 3.99. The highest BCUT2D eigenvalue weighted by Gasteiger charge is 2.35. The van der Waals surface area contributed by atoms with Gasteiger partial charge in [-0.3, -0.25) is 0 Å². The molecule has 0 bridgehead atoms. The van der Waals surface area contributed by atoms with Crippen molar-refractivity contribution in [2.24, 2.45) is 0 Å². The average molecular weight is 241 g/mol. The molecule has 2 heterocycles. The third kappa shape index (κ3) is 2.19. The minimum absolute atomic E-state index is 0. The molecule has 0 radical (unpaired) electrons. The molecule has 0 aromatic rings. The largest absolute Gasteiger partial charge is 1.00 e. The maximum Gasteiger partial charge on any atom is 0.443 e. The first-order valence-corrected chi connectivity index (χ1v) is 5.02. The van der Waals surface area contributed by atoms with Gasteiger partial charge < -0.3 is 21.9 Å². The van der Waals surface area contributed by atoms with Crippen LogP contribution in [0, 0.1) is 0 Å². The van der Waals surface area contributed by atoms with E-state index in [2.05, 4.69) is 0 Å². The molecule has 2 aliphatic heterocycles.